The molecule has 0 heterocycles. The van der Waals surface area contributed by atoms with Crippen molar-refractivity contribution in [3.05, 3.63) is 29.1 Å². The van der Waals surface area contributed by atoms with Crippen molar-refractivity contribution in [3.63, 3.8) is 0 Å². The van der Waals surface area contributed by atoms with Crippen LogP contribution in [-0.4, -0.2) is 11.4 Å². The van der Waals surface area contributed by atoms with E-state index in [0.717, 1.165) is 0 Å². The van der Waals surface area contributed by atoms with E-state index in [2.05, 4.69) is 0 Å². The lowest BCUT2D eigenvalue weighted by Gasteiger charge is -2.08. The Morgan fingerprint density at radius 3 is 2.62 bits per heavy atom. The summed E-state index contributed by atoms with van der Waals surface area (Å²) < 4.78 is 18.2. The maximum absolute atomic E-state index is 13.1. The Morgan fingerprint density at radius 1 is 1.54 bits per heavy atom. The fourth-order valence-electron chi connectivity index (χ4n) is 1.12. The lowest BCUT2D eigenvalue weighted by atomic mass is 10.1. The van der Waals surface area contributed by atoms with Crippen LogP contribution in [0.25, 0.3) is 0 Å². The molecule has 0 bridgehead atoms. The largest absolute Gasteiger partial charge is 0.493 e. The van der Waals surface area contributed by atoms with E-state index in [1.807, 2.05) is 0 Å². The highest BCUT2D eigenvalue weighted by molar-refractivity contribution is 7.83. The molecule has 4 heteroatoms. The average molecular weight is 219 g/mol. The van der Waals surface area contributed by atoms with Crippen molar-refractivity contribution in [2.75, 3.05) is 7.11 Å². The Labute approximate surface area is 86.5 Å². The van der Waals surface area contributed by atoms with E-state index in [1.54, 1.807) is 13.0 Å². The smallest absolute Gasteiger partial charge is 0.165 e. The lowest BCUT2D eigenvalue weighted by Crippen LogP contribution is -1.98. The lowest BCUT2D eigenvalue weighted by molar-refractivity contribution is 0.383. The van der Waals surface area contributed by atoms with Gasteiger partial charge in [-0.2, -0.15) is 0 Å². The number of halogens is 2. The Balaban J connectivity index is 3.35. The van der Waals surface area contributed by atoms with Crippen LogP contribution in [0, 0.1) is 12.7 Å². The monoisotopic (exact) mass is 218 g/mol. The van der Waals surface area contributed by atoms with E-state index in [-0.39, 0.29) is 10.1 Å². The summed E-state index contributed by atoms with van der Waals surface area (Å²) in [4.78, 5) is 0. The minimum absolute atomic E-state index is 0.195. The summed E-state index contributed by atoms with van der Waals surface area (Å²) in [7, 11) is 1.41. The first kappa shape index (κ1) is 10.4. The van der Waals surface area contributed by atoms with Crippen molar-refractivity contribution >= 4 is 28.1 Å². The molecule has 1 nitrogen and oxygen atoms in total. The van der Waals surface area contributed by atoms with Gasteiger partial charge in [-0.15, -0.1) is 0 Å². The second kappa shape index (κ2) is 4.03. The van der Waals surface area contributed by atoms with Gasteiger partial charge in [-0.3, -0.25) is 0 Å². The predicted octanol–water partition coefficient (Wildman–Crippen LogP) is 3.06. The van der Waals surface area contributed by atoms with Crippen molar-refractivity contribution < 1.29 is 9.13 Å². The second-order valence-electron chi connectivity index (χ2n) is 2.53. The molecule has 0 amide bonds. The van der Waals surface area contributed by atoms with Gasteiger partial charge in [0, 0.05) is 11.1 Å². The van der Waals surface area contributed by atoms with Gasteiger partial charge >= 0.3 is 0 Å². The minimum Gasteiger partial charge on any atom is -0.493 e. The van der Waals surface area contributed by atoms with Crippen LogP contribution in [0.5, 0.6) is 5.75 Å². The number of hydrogen-bond acceptors (Lipinski definition) is 2. The molecular weight excluding hydrogens is 211 g/mol. The summed E-state index contributed by atoms with van der Waals surface area (Å²) in [5, 5.41) is 0. The van der Waals surface area contributed by atoms with Crippen molar-refractivity contribution in [3.8, 4) is 5.75 Å². The molecule has 0 N–H and O–H groups in total. The summed E-state index contributed by atoms with van der Waals surface area (Å²) in [5.41, 5.74) is 1.26. The highest BCUT2D eigenvalue weighted by atomic mass is 35.5. The fraction of sp³-hybridized carbons (Fsp3) is 0.222. The number of thiocarbonyl (C=S) groups is 1. The molecule has 0 aliphatic carbocycles. The van der Waals surface area contributed by atoms with E-state index in [9.17, 15) is 4.39 Å². The van der Waals surface area contributed by atoms with E-state index in [1.165, 1.54) is 13.2 Å². The van der Waals surface area contributed by atoms with Crippen LogP contribution in [0.15, 0.2) is 12.1 Å². The van der Waals surface area contributed by atoms with E-state index in [4.69, 9.17) is 28.6 Å². The molecule has 0 aliphatic heterocycles. The van der Waals surface area contributed by atoms with Crippen molar-refractivity contribution in [1.82, 2.24) is 0 Å². The molecule has 1 aromatic rings. The summed E-state index contributed by atoms with van der Waals surface area (Å²) in [6.45, 7) is 1.71. The zero-order valence-electron chi connectivity index (χ0n) is 7.23. The Bertz CT molecular complexity index is 352. The van der Waals surface area contributed by atoms with Crippen molar-refractivity contribution in [2.45, 2.75) is 6.92 Å². The van der Waals surface area contributed by atoms with Gasteiger partial charge in [-0.05, 0) is 19.1 Å². The summed E-state index contributed by atoms with van der Waals surface area (Å²) in [6, 6.07) is 2.83. The summed E-state index contributed by atoms with van der Waals surface area (Å²) in [5.74, 6) is -0.211. The van der Waals surface area contributed by atoms with Crippen molar-refractivity contribution in [1.29, 1.82) is 0 Å². The van der Waals surface area contributed by atoms with Crippen LogP contribution in [-0.2, 0) is 0 Å². The predicted molar refractivity (Wildman–Crippen MR) is 55.2 cm³/mol. The molecule has 1 rings (SSSR count). The average Bonchev–Trinajstić information content (AvgIpc) is 2.04. The van der Waals surface area contributed by atoms with Gasteiger partial charge in [0.15, 0.2) is 11.6 Å². The molecule has 0 aliphatic rings. The Hall–Kier alpha value is -0.670. The normalized spacial score (nSPS) is 9.85. The zero-order valence-corrected chi connectivity index (χ0v) is 8.80. The quantitative estimate of drug-likeness (QED) is 0.558. The van der Waals surface area contributed by atoms with Crippen molar-refractivity contribution in [2.24, 2.45) is 0 Å². The zero-order chi connectivity index (χ0) is 10.0. The van der Waals surface area contributed by atoms with Gasteiger partial charge in [0.05, 0.1) is 7.11 Å². The molecule has 0 unspecified atom stereocenters. The van der Waals surface area contributed by atoms with Gasteiger partial charge in [0.25, 0.3) is 0 Å². The Morgan fingerprint density at radius 2 is 2.15 bits per heavy atom. The first-order valence-electron chi connectivity index (χ1n) is 3.61. The van der Waals surface area contributed by atoms with Gasteiger partial charge in [0.2, 0.25) is 0 Å². The fourth-order valence-corrected chi connectivity index (χ4v) is 1.55. The van der Waals surface area contributed by atoms with E-state index < -0.39 is 5.82 Å². The van der Waals surface area contributed by atoms with Crippen LogP contribution in [0.3, 0.4) is 0 Å². The number of methoxy groups -OCH3 is 1. The molecule has 0 aromatic heterocycles. The summed E-state index contributed by atoms with van der Waals surface area (Å²) >= 11 is 10.4. The highest BCUT2D eigenvalue weighted by Crippen LogP contribution is 2.26. The molecule has 0 radical (unpaired) electrons. The molecule has 0 spiro atoms. The second-order valence-corrected chi connectivity index (χ2v) is 3.54. The molecule has 1 aromatic carbocycles. The van der Waals surface area contributed by atoms with Crippen LogP contribution >= 0.6 is 23.8 Å². The number of hydrogen-bond donors (Lipinski definition) is 0. The number of rotatable bonds is 2. The topological polar surface area (TPSA) is 9.23 Å². The Kier molecular flexibility index (Phi) is 3.22. The molecule has 0 saturated carbocycles. The molecule has 0 fully saturated rings. The molecular formula is C9H8ClFOS. The maximum atomic E-state index is 13.1. The van der Waals surface area contributed by atoms with Crippen LogP contribution < -0.4 is 4.74 Å². The van der Waals surface area contributed by atoms with Gasteiger partial charge in [-0.1, -0.05) is 23.8 Å². The molecule has 0 saturated heterocycles. The van der Waals surface area contributed by atoms with Crippen LogP contribution in [0.1, 0.15) is 11.1 Å². The molecule has 70 valence electrons. The highest BCUT2D eigenvalue weighted by Gasteiger charge is 2.11. The summed E-state index contributed by atoms with van der Waals surface area (Å²) in [6.07, 6.45) is 0. The maximum Gasteiger partial charge on any atom is 0.165 e. The third kappa shape index (κ3) is 1.98. The SMILES string of the molecule is COc1c(F)ccc(C(=S)Cl)c1C. The van der Waals surface area contributed by atoms with Gasteiger partial charge < -0.3 is 4.74 Å². The first-order valence-corrected chi connectivity index (χ1v) is 4.39. The minimum atomic E-state index is -0.406. The molecule has 13 heavy (non-hydrogen) atoms. The molecule has 0 atom stereocenters. The van der Waals surface area contributed by atoms with E-state index >= 15 is 0 Å². The number of ether oxygens (including phenoxy) is 1. The standard InChI is InChI=1S/C9H8ClFOS/c1-5-6(9(10)13)3-4-7(11)8(5)12-2/h3-4H,1-2H3. The van der Waals surface area contributed by atoms with Crippen LogP contribution in [0.4, 0.5) is 4.39 Å². The van der Waals surface area contributed by atoms with Crippen LogP contribution in [0.2, 0.25) is 0 Å². The third-order valence-electron chi connectivity index (χ3n) is 1.77. The van der Waals surface area contributed by atoms with E-state index in [0.29, 0.717) is 11.1 Å². The van der Waals surface area contributed by atoms with Gasteiger partial charge in [-0.25, -0.2) is 4.39 Å². The first-order chi connectivity index (χ1) is 6.07. The third-order valence-corrected chi connectivity index (χ3v) is 2.20. The van der Waals surface area contributed by atoms with Gasteiger partial charge in [0.1, 0.15) is 4.32 Å². The number of benzene rings is 1.